The molecule has 0 bridgehead atoms. The van der Waals surface area contributed by atoms with E-state index in [1.165, 1.54) is 0 Å². The van der Waals surface area contributed by atoms with Crippen molar-refractivity contribution in [1.29, 1.82) is 0 Å². The van der Waals surface area contributed by atoms with Crippen LogP contribution >= 0.6 is 0 Å². The molecule has 1 atom stereocenters. The topological polar surface area (TPSA) is 37.3 Å². The van der Waals surface area contributed by atoms with Crippen LogP contribution in [0.25, 0.3) is 0 Å². The predicted octanol–water partition coefficient (Wildman–Crippen LogP) is 2.44. The summed E-state index contributed by atoms with van der Waals surface area (Å²) < 4.78 is 0. The van der Waals surface area contributed by atoms with Crippen LogP contribution in [0.15, 0.2) is 30.3 Å². The van der Waals surface area contributed by atoms with Gasteiger partial charge in [-0.25, -0.2) is 0 Å². The average Bonchev–Trinajstić information content (AvgIpc) is 2.72. The van der Waals surface area contributed by atoms with Crippen molar-refractivity contribution < 1.29 is 9.90 Å². The normalized spacial score (nSPS) is 28.4. The standard InChI is InChI=1S/C12H14O2/c1-11(2)8-12(11,10(13)14)9-6-4-3-5-7-9/h3-7H,8H2,1-2H3,(H,13,14). The second-order valence-corrected chi connectivity index (χ2v) is 4.64. The molecule has 1 aromatic rings. The number of hydrogen-bond donors (Lipinski definition) is 1. The lowest BCUT2D eigenvalue weighted by molar-refractivity contribution is -0.141. The highest BCUT2D eigenvalue weighted by Gasteiger charge is 2.67. The number of carbonyl (C=O) groups is 1. The molecule has 1 aliphatic rings. The van der Waals surface area contributed by atoms with Crippen molar-refractivity contribution >= 4 is 5.97 Å². The third-order valence-electron chi connectivity index (χ3n) is 3.37. The molecule has 1 N–H and O–H groups in total. The number of carboxylic acids is 1. The summed E-state index contributed by atoms with van der Waals surface area (Å²) in [4.78, 5) is 11.3. The SMILES string of the molecule is CC1(C)CC1(C(=O)O)c1ccccc1. The molecular weight excluding hydrogens is 176 g/mol. The number of carboxylic acid groups (broad SMARTS) is 1. The summed E-state index contributed by atoms with van der Waals surface area (Å²) >= 11 is 0. The van der Waals surface area contributed by atoms with Gasteiger partial charge in [0.1, 0.15) is 0 Å². The van der Waals surface area contributed by atoms with E-state index in [0.717, 1.165) is 12.0 Å². The largest absolute Gasteiger partial charge is 0.481 e. The fraction of sp³-hybridized carbons (Fsp3) is 0.417. The second-order valence-electron chi connectivity index (χ2n) is 4.64. The minimum absolute atomic E-state index is 0.111. The molecule has 0 amide bonds. The van der Waals surface area contributed by atoms with Crippen molar-refractivity contribution in [3.05, 3.63) is 35.9 Å². The maximum Gasteiger partial charge on any atom is 0.314 e. The van der Waals surface area contributed by atoms with Crippen LogP contribution in [0.1, 0.15) is 25.8 Å². The molecule has 2 nitrogen and oxygen atoms in total. The zero-order valence-corrected chi connectivity index (χ0v) is 8.45. The van der Waals surface area contributed by atoms with Crippen LogP contribution in [0.4, 0.5) is 0 Å². The van der Waals surface area contributed by atoms with E-state index < -0.39 is 11.4 Å². The Morgan fingerprint density at radius 3 is 2.14 bits per heavy atom. The van der Waals surface area contributed by atoms with Gasteiger partial charge in [0.25, 0.3) is 0 Å². The Hall–Kier alpha value is -1.31. The molecule has 1 aliphatic carbocycles. The van der Waals surface area contributed by atoms with Gasteiger partial charge in [0.15, 0.2) is 0 Å². The fourth-order valence-corrected chi connectivity index (χ4v) is 2.32. The van der Waals surface area contributed by atoms with Gasteiger partial charge >= 0.3 is 5.97 Å². The second kappa shape index (κ2) is 2.59. The Bertz CT molecular complexity index is 367. The fourth-order valence-electron chi connectivity index (χ4n) is 2.32. The average molecular weight is 190 g/mol. The van der Waals surface area contributed by atoms with E-state index in [9.17, 15) is 9.90 Å². The molecule has 0 heterocycles. The van der Waals surface area contributed by atoms with E-state index in [1.54, 1.807) is 0 Å². The summed E-state index contributed by atoms with van der Waals surface area (Å²) in [5.41, 5.74) is 0.173. The molecule has 14 heavy (non-hydrogen) atoms. The first kappa shape index (κ1) is 9.25. The van der Waals surface area contributed by atoms with Crippen LogP contribution in [0.2, 0.25) is 0 Å². The molecule has 0 spiro atoms. The molecule has 0 aromatic heterocycles. The summed E-state index contributed by atoms with van der Waals surface area (Å²) in [6.07, 6.45) is 0.735. The Morgan fingerprint density at radius 2 is 1.79 bits per heavy atom. The zero-order chi connectivity index (χ0) is 10.4. The highest BCUT2D eigenvalue weighted by Crippen LogP contribution is 2.64. The minimum Gasteiger partial charge on any atom is -0.481 e. The molecule has 1 aromatic carbocycles. The molecule has 1 fully saturated rings. The Morgan fingerprint density at radius 1 is 1.29 bits per heavy atom. The first-order valence-corrected chi connectivity index (χ1v) is 4.80. The van der Waals surface area contributed by atoms with Crippen molar-refractivity contribution in [3.8, 4) is 0 Å². The molecule has 0 aliphatic heterocycles. The van der Waals surface area contributed by atoms with Gasteiger partial charge in [-0.2, -0.15) is 0 Å². The van der Waals surface area contributed by atoms with E-state index in [1.807, 2.05) is 44.2 Å². The van der Waals surface area contributed by atoms with Crippen molar-refractivity contribution in [3.63, 3.8) is 0 Å². The highest BCUT2D eigenvalue weighted by molar-refractivity contribution is 5.87. The first-order chi connectivity index (χ1) is 6.51. The van der Waals surface area contributed by atoms with E-state index in [4.69, 9.17) is 0 Å². The first-order valence-electron chi connectivity index (χ1n) is 4.80. The van der Waals surface area contributed by atoms with Gasteiger partial charge in [-0.1, -0.05) is 44.2 Å². The van der Waals surface area contributed by atoms with Gasteiger partial charge < -0.3 is 5.11 Å². The number of hydrogen-bond acceptors (Lipinski definition) is 1. The maximum absolute atomic E-state index is 11.3. The molecule has 0 saturated heterocycles. The van der Waals surface area contributed by atoms with Gasteiger partial charge in [-0.05, 0) is 17.4 Å². The molecule has 2 rings (SSSR count). The summed E-state index contributed by atoms with van der Waals surface area (Å²) in [6, 6.07) is 9.52. The number of aliphatic carboxylic acids is 1. The van der Waals surface area contributed by atoms with Crippen molar-refractivity contribution in [1.82, 2.24) is 0 Å². The Balaban J connectivity index is 2.47. The molecule has 1 unspecified atom stereocenters. The highest BCUT2D eigenvalue weighted by atomic mass is 16.4. The van der Waals surface area contributed by atoms with Crippen LogP contribution < -0.4 is 0 Å². The van der Waals surface area contributed by atoms with Crippen LogP contribution in [0, 0.1) is 5.41 Å². The van der Waals surface area contributed by atoms with Crippen LogP contribution in [-0.4, -0.2) is 11.1 Å². The maximum atomic E-state index is 11.3. The van der Waals surface area contributed by atoms with Gasteiger partial charge in [0.05, 0.1) is 5.41 Å². The summed E-state index contributed by atoms with van der Waals surface area (Å²) in [6.45, 7) is 4.02. The van der Waals surface area contributed by atoms with E-state index in [0.29, 0.717) is 0 Å². The summed E-state index contributed by atoms with van der Waals surface area (Å²) in [5.74, 6) is -0.700. The van der Waals surface area contributed by atoms with Gasteiger partial charge in [-0.3, -0.25) is 4.79 Å². The van der Waals surface area contributed by atoms with Gasteiger partial charge in [-0.15, -0.1) is 0 Å². The molecule has 74 valence electrons. The smallest absolute Gasteiger partial charge is 0.314 e. The van der Waals surface area contributed by atoms with Gasteiger partial charge in [0.2, 0.25) is 0 Å². The van der Waals surface area contributed by atoms with E-state index in [-0.39, 0.29) is 5.41 Å². The Kier molecular flexibility index (Phi) is 1.71. The minimum atomic E-state index is -0.700. The van der Waals surface area contributed by atoms with Crippen molar-refractivity contribution in [2.75, 3.05) is 0 Å². The monoisotopic (exact) mass is 190 g/mol. The van der Waals surface area contributed by atoms with Crippen LogP contribution in [0.3, 0.4) is 0 Å². The van der Waals surface area contributed by atoms with Crippen LogP contribution in [-0.2, 0) is 10.2 Å². The lowest BCUT2D eigenvalue weighted by atomic mass is 9.88. The van der Waals surface area contributed by atoms with Crippen LogP contribution in [0.5, 0.6) is 0 Å². The third-order valence-corrected chi connectivity index (χ3v) is 3.37. The third kappa shape index (κ3) is 0.999. The molecule has 2 heteroatoms. The van der Waals surface area contributed by atoms with E-state index in [2.05, 4.69) is 0 Å². The summed E-state index contributed by atoms with van der Waals surface area (Å²) in [5, 5.41) is 9.29. The number of rotatable bonds is 2. The molecular formula is C12H14O2. The lowest BCUT2D eigenvalue weighted by Gasteiger charge is -2.15. The van der Waals surface area contributed by atoms with E-state index >= 15 is 0 Å². The molecule has 0 radical (unpaired) electrons. The zero-order valence-electron chi connectivity index (χ0n) is 8.45. The Labute approximate surface area is 83.6 Å². The number of benzene rings is 1. The quantitative estimate of drug-likeness (QED) is 0.777. The molecule has 1 saturated carbocycles. The lowest BCUT2D eigenvalue weighted by Crippen LogP contribution is -2.25. The van der Waals surface area contributed by atoms with Crippen molar-refractivity contribution in [2.45, 2.75) is 25.7 Å². The summed E-state index contributed by atoms with van der Waals surface area (Å²) in [7, 11) is 0. The predicted molar refractivity (Wildman–Crippen MR) is 54.2 cm³/mol. The van der Waals surface area contributed by atoms with Crippen molar-refractivity contribution in [2.24, 2.45) is 5.41 Å². The van der Waals surface area contributed by atoms with Gasteiger partial charge in [0, 0.05) is 0 Å².